The van der Waals surface area contributed by atoms with Gasteiger partial charge in [-0.05, 0) is 44.7 Å². The Morgan fingerprint density at radius 3 is 2.76 bits per heavy atom. The van der Waals surface area contributed by atoms with Crippen molar-refractivity contribution >= 4 is 17.8 Å². The Balaban J connectivity index is 1.66. The second kappa shape index (κ2) is 7.50. The van der Waals surface area contributed by atoms with E-state index in [1.807, 2.05) is 31.6 Å². The molecule has 8 heteroatoms. The molecule has 1 saturated heterocycles. The molecule has 2 aliphatic heterocycles. The number of rotatable bonds is 3. The zero-order valence-electron chi connectivity index (χ0n) is 17.3. The summed E-state index contributed by atoms with van der Waals surface area (Å²) in [6.45, 7) is 5.75. The number of hydrogen-bond donors (Lipinski definition) is 1. The first-order valence-corrected chi connectivity index (χ1v) is 10.2. The molecule has 0 saturated carbocycles. The molecule has 0 spiro atoms. The molecule has 0 aliphatic carbocycles. The van der Waals surface area contributed by atoms with Crippen LogP contribution in [0.15, 0.2) is 12.1 Å². The van der Waals surface area contributed by atoms with Gasteiger partial charge in [0.1, 0.15) is 5.82 Å². The summed E-state index contributed by atoms with van der Waals surface area (Å²) in [6, 6.07) is 3.75. The lowest BCUT2D eigenvalue weighted by Gasteiger charge is -2.33. The number of aryl methyl sites for hydroxylation is 3. The van der Waals surface area contributed by atoms with Crippen LogP contribution in [0.3, 0.4) is 0 Å². The van der Waals surface area contributed by atoms with Crippen LogP contribution in [0.1, 0.15) is 53.4 Å². The summed E-state index contributed by atoms with van der Waals surface area (Å²) >= 11 is 0. The number of carbonyl (C=O) groups is 2. The number of anilines is 1. The van der Waals surface area contributed by atoms with E-state index in [4.69, 9.17) is 10.7 Å². The molecule has 2 N–H and O–H groups in total. The van der Waals surface area contributed by atoms with E-state index in [0.29, 0.717) is 32.5 Å². The van der Waals surface area contributed by atoms with E-state index in [1.54, 1.807) is 9.80 Å². The quantitative estimate of drug-likeness (QED) is 0.860. The highest BCUT2D eigenvalue weighted by molar-refractivity contribution is 5.95. The van der Waals surface area contributed by atoms with Crippen molar-refractivity contribution in [3.05, 3.63) is 40.3 Å². The molecule has 4 heterocycles. The highest BCUT2D eigenvalue weighted by Gasteiger charge is 2.30. The summed E-state index contributed by atoms with van der Waals surface area (Å²) in [7, 11) is 1.92. The van der Waals surface area contributed by atoms with E-state index < -0.39 is 0 Å². The highest BCUT2D eigenvalue weighted by atomic mass is 16.2. The Morgan fingerprint density at radius 2 is 2.07 bits per heavy atom. The van der Waals surface area contributed by atoms with Gasteiger partial charge in [0.25, 0.3) is 0 Å². The monoisotopic (exact) mass is 396 g/mol. The Kier molecular flexibility index (Phi) is 5.02. The van der Waals surface area contributed by atoms with E-state index in [-0.39, 0.29) is 17.9 Å². The van der Waals surface area contributed by atoms with E-state index >= 15 is 0 Å². The van der Waals surface area contributed by atoms with Crippen LogP contribution in [-0.2, 0) is 24.8 Å². The maximum atomic E-state index is 12.8. The van der Waals surface area contributed by atoms with Crippen molar-refractivity contribution in [1.82, 2.24) is 19.7 Å². The molecule has 1 unspecified atom stereocenters. The van der Waals surface area contributed by atoms with Crippen LogP contribution in [0.4, 0.5) is 10.6 Å². The van der Waals surface area contributed by atoms with Gasteiger partial charge >= 0.3 is 6.03 Å². The van der Waals surface area contributed by atoms with Crippen molar-refractivity contribution in [2.24, 2.45) is 12.8 Å². The lowest BCUT2D eigenvalue weighted by atomic mass is 9.93. The van der Waals surface area contributed by atoms with Gasteiger partial charge in [-0.25, -0.2) is 9.78 Å². The van der Waals surface area contributed by atoms with Crippen LogP contribution in [0.2, 0.25) is 0 Å². The van der Waals surface area contributed by atoms with Crippen LogP contribution < -0.4 is 10.6 Å². The SMILES string of the molecule is Cc1nn(C)c(C)c1CN1C(=O)CCc2ccc(C3CCCN(C(N)=O)C3)nc21. The van der Waals surface area contributed by atoms with Gasteiger partial charge in [-0.15, -0.1) is 0 Å². The van der Waals surface area contributed by atoms with Crippen LogP contribution in [0, 0.1) is 13.8 Å². The fourth-order valence-corrected chi connectivity index (χ4v) is 4.43. The predicted molar refractivity (Wildman–Crippen MR) is 110 cm³/mol. The molecular weight excluding hydrogens is 368 g/mol. The topological polar surface area (TPSA) is 97.4 Å². The zero-order chi connectivity index (χ0) is 20.7. The number of nitrogens with two attached hydrogens (primary N) is 1. The molecule has 4 rings (SSSR count). The van der Waals surface area contributed by atoms with Crippen LogP contribution >= 0.6 is 0 Å². The van der Waals surface area contributed by atoms with E-state index in [2.05, 4.69) is 11.2 Å². The molecule has 8 nitrogen and oxygen atoms in total. The second-order valence-corrected chi connectivity index (χ2v) is 8.10. The average molecular weight is 396 g/mol. The fourth-order valence-electron chi connectivity index (χ4n) is 4.43. The Labute approximate surface area is 170 Å². The molecule has 154 valence electrons. The van der Waals surface area contributed by atoms with Gasteiger partial charge in [0.05, 0.1) is 12.2 Å². The molecule has 2 aliphatic rings. The van der Waals surface area contributed by atoms with Gasteiger partial charge in [0.2, 0.25) is 5.91 Å². The number of aromatic nitrogens is 3. The predicted octanol–water partition coefficient (Wildman–Crippen LogP) is 2.17. The van der Waals surface area contributed by atoms with Crippen molar-refractivity contribution in [3.8, 4) is 0 Å². The summed E-state index contributed by atoms with van der Waals surface area (Å²) in [5, 5.41) is 4.48. The van der Waals surface area contributed by atoms with Crippen LogP contribution in [0.5, 0.6) is 0 Å². The van der Waals surface area contributed by atoms with E-state index in [1.165, 1.54) is 0 Å². The van der Waals surface area contributed by atoms with Crippen molar-refractivity contribution in [3.63, 3.8) is 0 Å². The third-order valence-electron chi connectivity index (χ3n) is 6.27. The zero-order valence-corrected chi connectivity index (χ0v) is 17.3. The van der Waals surface area contributed by atoms with Crippen molar-refractivity contribution in [2.75, 3.05) is 18.0 Å². The number of urea groups is 1. The van der Waals surface area contributed by atoms with Gasteiger partial charge in [0.15, 0.2) is 0 Å². The van der Waals surface area contributed by atoms with Crippen LogP contribution in [-0.4, -0.2) is 44.7 Å². The molecule has 3 amide bonds. The molecule has 2 aromatic heterocycles. The number of fused-ring (bicyclic) bond motifs is 1. The number of amides is 3. The Hall–Kier alpha value is -2.90. The molecule has 0 bridgehead atoms. The van der Waals surface area contributed by atoms with Gasteiger partial charge < -0.3 is 10.6 Å². The Bertz CT molecular complexity index is 966. The number of pyridine rings is 1. The van der Waals surface area contributed by atoms with Gasteiger partial charge in [0, 0.05) is 49.4 Å². The van der Waals surface area contributed by atoms with Gasteiger partial charge in [-0.2, -0.15) is 5.10 Å². The number of piperidine rings is 1. The van der Waals surface area contributed by atoms with Gasteiger partial charge in [-0.3, -0.25) is 14.4 Å². The molecule has 1 fully saturated rings. The lowest BCUT2D eigenvalue weighted by molar-refractivity contribution is -0.119. The minimum absolute atomic E-state index is 0.0900. The first-order chi connectivity index (χ1) is 13.8. The van der Waals surface area contributed by atoms with Crippen molar-refractivity contribution in [2.45, 2.75) is 52.0 Å². The maximum absolute atomic E-state index is 12.8. The number of nitrogens with zero attached hydrogens (tertiary/aromatic N) is 5. The highest BCUT2D eigenvalue weighted by Crippen LogP contribution is 2.32. The third-order valence-corrected chi connectivity index (χ3v) is 6.27. The summed E-state index contributed by atoms with van der Waals surface area (Å²) < 4.78 is 1.85. The average Bonchev–Trinajstić information content (AvgIpc) is 2.95. The number of hydrogen-bond acceptors (Lipinski definition) is 4. The number of carbonyl (C=O) groups excluding carboxylic acids is 2. The molecule has 2 aromatic rings. The summed E-state index contributed by atoms with van der Waals surface area (Å²) in [5.74, 6) is 0.979. The number of primary amides is 1. The van der Waals surface area contributed by atoms with E-state index in [9.17, 15) is 9.59 Å². The minimum atomic E-state index is -0.382. The first kappa shape index (κ1) is 19.4. The smallest absolute Gasteiger partial charge is 0.314 e. The lowest BCUT2D eigenvalue weighted by Crippen LogP contribution is -2.42. The third kappa shape index (κ3) is 3.59. The molecular formula is C21H28N6O2. The summed E-state index contributed by atoms with van der Waals surface area (Å²) in [6.07, 6.45) is 3.07. The molecule has 29 heavy (non-hydrogen) atoms. The fraction of sp³-hybridized carbons (Fsp3) is 0.524. The Morgan fingerprint density at radius 1 is 1.28 bits per heavy atom. The molecule has 0 radical (unpaired) electrons. The normalized spacial score (nSPS) is 19.4. The second-order valence-electron chi connectivity index (χ2n) is 8.10. The van der Waals surface area contributed by atoms with Crippen molar-refractivity contribution in [1.29, 1.82) is 0 Å². The largest absolute Gasteiger partial charge is 0.351 e. The molecule has 1 atom stereocenters. The summed E-state index contributed by atoms with van der Waals surface area (Å²) in [5.41, 5.74) is 10.6. The summed E-state index contributed by atoms with van der Waals surface area (Å²) in [4.78, 5) is 32.8. The van der Waals surface area contributed by atoms with Crippen LogP contribution in [0.25, 0.3) is 0 Å². The van der Waals surface area contributed by atoms with Gasteiger partial charge in [-0.1, -0.05) is 6.07 Å². The minimum Gasteiger partial charge on any atom is -0.351 e. The maximum Gasteiger partial charge on any atom is 0.314 e. The number of likely N-dealkylation sites (tertiary alicyclic amines) is 1. The first-order valence-electron chi connectivity index (χ1n) is 10.2. The molecule has 0 aromatic carbocycles. The standard InChI is InChI=1S/C21H28N6O2/c1-13-17(14(2)25(3)24-13)12-27-19(28)9-7-15-6-8-18(23-20(15)27)16-5-4-10-26(11-16)21(22)29/h6,8,16H,4-5,7,9-12H2,1-3H3,(H2,22,29). The van der Waals surface area contributed by atoms with Crippen molar-refractivity contribution < 1.29 is 9.59 Å². The van der Waals surface area contributed by atoms with E-state index in [0.717, 1.165) is 46.9 Å².